The Morgan fingerprint density at radius 1 is 1.29 bits per heavy atom. The minimum Gasteiger partial charge on any atom is -0.619 e. The van der Waals surface area contributed by atoms with Gasteiger partial charge in [0, 0.05) is 24.5 Å². The van der Waals surface area contributed by atoms with Crippen molar-refractivity contribution in [3.05, 3.63) is 70.5 Å². The van der Waals surface area contributed by atoms with Crippen LogP contribution in [0.1, 0.15) is 16.1 Å². The highest BCUT2D eigenvalue weighted by Crippen LogP contribution is 2.11. The summed E-state index contributed by atoms with van der Waals surface area (Å²) in [4.78, 5) is 16.3. The molecule has 21 heavy (non-hydrogen) atoms. The fourth-order valence-electron chi connectivity index (χ4n) is 1.94. The van der Waals surface area contributed by atoms with E-state index in [1.165, 1.54) is 24.5 Å². The van der Waals surface area contributed by atoms with E-state index >= 15 is 0 Å². The maximum Gasteiger partial charge on any atom is 0.252 e. The summed E-state index contributed by atoms with van der Waals surface area (Å²) in [5, 5.41) is 14.3. The summed E-state index contributed by atoms with van der Waals surface area (Å²) in [5.74, 6) is -0.259. The molecule has 0 saturated heterocycles. The summed E-state index contributed by atoms with van der Waals surface area (Å²) in [5.41, 5.74) is 1.91. The highest BCUT2D eigenvalue weighted by atomic mass is 35.5. The topological polar surface area (TPSA) is 73.3 Å². The molecule has 1 N–H and O–H groups in total. The fourth-order valence-corrected chi connectivity index (χ4v) is 2.11. The average molecular weight is 303 g/mol. The number of hydrogen-bond acceptors (Lipinski definition) is 3. The van der Waals surface area contributed by atoms with Crippen LogP contribution in [0, 0.1) is 5.21 Å². The van der Waals surface area contributed by atoms with Crippen molar-refractivity contribution in [1.82, 2.24) is 14.7 Å². The second-order valence-electron chi connectivity index (χ2n) is 4.47. The average Bonchev–Trinajstić information content (AvgIpc) is 2.87. The van der Waals surface area contributed by atoms with Crippen LogP contribution in [0.15, 0.2) is 49.1 Å². The van der Waals surface area contributed by atoms with Crippen LogP contribution >= 0.6 is 11.6 Å². The summed E-state index contributed by atoms with van der Waals surface area (Å²) < 4.78 is 2.43. The molecular weight excluding hydrogens is 292 g/mol. The predicted molar refractivity (Wildman–Crippen MR) is 76.8 cm³/mol. The van der Waals surface area contributed by atoms with Gasteiger partial charge in [0.25, 0.3) is 5.91 Å². The maximum atomic E-state index is 11.9. The smallest absolute Gasteiger partial charge is 0.252 e. The van der Waals surface area contributed by atoms with Gasteiger partial charge in [0.05, 0.1) is 22.8 Å². The Morgan fingerprint density at radius 2 is 2.05 bits per heavy atom. The molecule has 0 saturated carbocycles. The van der Waals surface area contributed by atoms with Crippen molar-refractivity contribution < 1.29 is 9.52 Å². The van der Waals surface area contributed by atoms with Crippen molar-refractivity contribution in [2.45, 2.75) is 6.54 Å². The molecule has 6 nitrogen and oxygen atoms in total. The number of carbonyl (C=O) groups excluding carboxylic acids is 1. The van der Waals surface area contributed by atoms with Gasteiger partial charge in [-0.1, -0.05) is 11.6 Å². The largest absolute Gasteiger partial charge is 0.619 e. The first-order valence-electron chi connectivity index (χ1n) is 6.22. The van der Waals surface area contributed by atoms with Gasteiger partial charge in [-0.15, -0.1) is 0 Å². The zero-order chi connectivity index (χ0) is 14.8. The van der Waals surface area contributed by atoms with Crippen LogP contribution in [0.2, 0.25) is 5.02 Å². The number of rotatable bonds is 3. The number of carbonyl (C=O) groups is 1. The Balaban J connectivity index is 1.71. The van der Waals surface area contributed by atoms with E-state index in [1.54, 1.807) is 28.9 Å². The van der Waals surface area contributed by atoms with Crippen molar-refractivity contribution in [2.24, 2.45) is 0 Å². The first-order chi connectivity index (χ1) is 10.1. The molecule has 0 aliphatic rings. The SMILES string of the molecule is O=C(NCc1cn2cc(Cl)ccc2n1)c1cc[n+]([O-])cc1. The lowest BCUT2D eigenvalue weighted by Crippen LogP contribution is -2.27. The summed E-state index contributed by atoms with van der Waals surface area (Å²) in [7, 11) is 0. The van der Waals surface area contributed by atoms with E-state index in [1.807, 2.05) is 0 Å². The third-order valence-corrected chi connectivity index (χ3v) is 3.18. The first-order valence-corrected chi connectivity index (χ1v) is 6.60. The molecule has 0 aliphatic carbocycles. The van der Waals surface area contributed by atoms with Crippen LogP contribution in [-0.4, -0.2) is 15.3 Å². The molecule has 3 rings (SSSR count). The number of hydrogen-bond donors (Lipinski definition) is 1. The lowest BCUT2D eigenvalue weighted by atomic mass is 10.2. The van der Waals surface area contributed by atoms with Crippen LogP contribution < -0.4 is 10.0 Å². The monoisotopic (exact) mass is 302 g/mol. The number of pyridine rings is 2. The van der Waals surface area contributed by atoms with Crippen molar-refractivity contribution >= 4 is 23.2 Å². The van der Waals surface area contributed by atoms with E-state index < -0.39 is 0 Å². The van der Waals surface area contributed by atoms with Gasteiger partial charge in [-0.3, -0.25) is 4.79 Å². The summed E-state index contributed by atoms with van der Waals surface area (Å²) in [6, 6.07) is 6.49. The van der Waals surface area contributed by atoms with Crippen LogP contribution in [0.5, 0.6) is 0 Å². The third kappa shape index (κ3) is 2.95. The molecule has 0 fully saturated rings. The lowest BCUT2D eigenvalue weighted by molar-refractivity contribution is -0.605. The molecule has 0 bridgehead atoms. The van der Waals surface area contributed by atoms with E-state index in [9.17, 15) is 10.0 Å². The van der Waals surface area contributed by atoms with Crippen LogP contribution in [0.4, 0.5) is 0 Å². The number of fused-ring (bicyclic) bond motifs is 1. The molecule has 106 valence electrons. The number of nitrogens with one attached hydrogen (secondary N) is 1. The Labute approximate surface area is 125 Å². The van der Waals surface area contributed by atoms with Gasteiger partial charge in [-0.05, 0) is 12.1 Å². The van der Waals surface area contributed by atoms with Gasteiger partial charge in [-0.2, -0.15) is 4.73 Å². The Morgan fingerprint density at radius 3 is 2.81 bits per heavy atom. The molecule has 0 aliphatic heterocycles. The standard InChI is InChI=1S/C14H11ClN4O2/c15-11-1-2-13-17-12(9-18(13)8-11)7-16-14(20)10-3-5-19(21)6-4-10/h1-6,8-9H,7H2,(H,16,20). The molecule has 0 unspecified atom stereocenters. The highest BCUT2D eigenvalue weighted by Gasteiger charge is 2.08. The molecule has 0 atom stereocenters. The normalized spacial score (nSPS) is 10.7. The van der Waals surface area contributed by atoms with Gasteiger partial charge in [-0.25, -0.2) is 4.98 Å². The van der Waals surface area contributed by atoms with Crippen molar-refractivity contribution in [3.8, 4) is 0 Å². The summed E-state index contributed by atoms with van der Waals surface area (Å²) >= 11 is 5.90. The lowest BCUT2D eigenvalue weighted by Gasteiger charge is -2.02. The van der Waals surface area contributed by atoms with E-state index in [-0.39, 0.29) is 5.91 Å². The molecule has 1 amide bonds. The van der Waals surface area contributed by atoms with Crippen LogP contribution in [-0.2, 0) is 6.54 Å². The van der Waals surface area contributed by atoms with Gasteiger partial charge >= 0.3 is 0 Å². The second-order valence-corrected chi connectivity index (χ2v) is 4.91. The first kappa shape index (κ1) is 13.4. The van der Waals surface area contributed by atoms with Gasteiger partial charge < -0.3 is 14.9 Å². The zero-order valence-electron chi connectivity index (χ0n) is 10.9. The Kier molecular flexibility index (Phi) is 3.45. The molecular formula is C14H11ClN4O2. The predicted octanol–water partition coefficient (Wildman–Crippen LogP) is 1.55. The van der Waals surface area contributed by atoms with Crippen molar-refractivity contribution in [1.29, 1.82) is 0 Å². The number of nitrogens with zero attached hydrogens (tertiary/aromatic N) is 3. The molecule has 3 aromatic heterocycles. The fraction of sp³-hybridized carbons (Fsp3) is 0.0714. The van der Waals surface area contributed by atoms with Crippen molar-refractivity contribution in [3.63, 3.8) is 0 Å². The molecule has 0 aromatic carbocycles. The van der Waals surface area contributed by atoms with E-state index in [4.69, 9.17) is 11.6 Å². The number of imidazole rings is 1. The van der Waals surface area contributed by atoms with Crippen LogP contribution in [0.3, 0.4) is 0 Å². The van der Waals surface area contributed by atoms with E-state index in [0.717, 1.165) is 11.3 Å². The molecule has 3 aromatic rings. The van der Waals surface area contributed by atoms with Crippen LogP contribution in [0.25, 0.3) is 5.65 Å². The Hall–Kier alpha value is -2.60. The second kappa shape index (κ2) is 5.41. The zero-order valence-corrected chi connectivity index (χ0v) is 11.6. The van der Waals surface area contributed by atoms with Gasteiger partial charge in [0.2, 0.25) is 0 Å². The summed E-state index contributed by atoms with van der Waals surface area (Å²) in [6.07, 6.45) is 6.11. The Bertz CT molecular complexity index is 798. The number of amides is 1. The van der Waals surface area contributed by atoms with E-state index in [0.29, 0.717) is 21.9 Å². The minimum absolute atomic E-state index is 0.259. The molecule has 0 spiro atoms. The quantitative estimate of drug-likeness (QED) is 0.589. The third-order valence-electron chi connectivity index (χ3n) is 2.96. The van der Waals surface area contributed by atoms with E-state index in [2.05, 4.69) is 10.3 Å². The summed E-state index contributed by atoms with van der Waals surface area (Å²) in [6.45, 7) is 0.296. The number of halogens is 1. The van der Waals surface area contributed by atoms with Gasteiger partial charge in [0.15, 0.2) is 12.4 Å². The number of aromatic nitrogens is 3. The molecule has 7 heteroatoms. The molecule has 0 radical (unpaired) electrons. The maximum absolute atomic E-state index is 11.9. The minimum atomic E-state index is -0.259. The van der Waals surface area contributed by atoms with Gasteiger partial charge in [0.1, 0.15) is 5.65 Å². The highest BCUT2D eigenvalue weighted by molar-refractivity contribution is 6.30. The molecule has 3 heterocycles. The van der Waals surface area contributed by atoms with Crippen molar-refractivity contribution in [2.75, 3.05) is 0 Å².